The van der Waals surface area contributed by atoms with Crippen molar-refractivity contribution in [3.63, 3.8) is 0 Å². The molecule has 0 aliphatic heterocycles. The zero-order valence-electron chi connectivity index (χ0n) is 14.0. The van der Waals surface area contributed by atoms with E-state index in [1.54, 1.807) is 43.4 Å². The van der Waals surface area contributed by atoms with Crippen molar-refractivity contribution in [1.29, 1.82) is 0 Å². The molecule has 126 valence electrons. The number of aromatic hydroxyl groups is 2. The number of carbonyl (C=O) groups is 2. The molecular weight excluding hydrogens is 316 g/mol. The molecule has 0 unspecified atom stereocenters. The Morgan fingerprint density at radius 2 is 1.76 bits per heavy atom. The van der Waals surface area contributed by atoms with Gasteiger partial charge in [-0.25, -0.2) is 0 Å². The summed E-state index contributed by atoms with van der Waals surface area (Å²) in [5.74, 6) is -1.81. The molecule has 0 saturated carbocycles. The fourth-order valence-electron chi connectivity index (χ4n) is 3.27. The van der Waals surface area contributed by atoms with E-state index in [4.69, 9.17) is 0 Å². The molecule has 0 fully saturated rings. The van der Waals surface area contributed by atoms with E-state index in [0.29, 0.717) is 11.1 Å². The summed E-state index contributed by atoms with van der Waals surface area (Å²) in [5.41, 5.74) is 1.83. The minimum Gasteiger partial charge on any atom is -0.507 e. The highest BCUT2D eigenvalue weighted by molar-refractivity contribution is 6.18. The average Bonchev–Trinajstić information content (AvgIpc) is 2.54. The quantitative estimate of drug-likeness (QED) is 0.661. The van der Waals surface area contributed by atoms with Crippen LogP contribution in [0, 0.1) is 6.92 Å². The fraction of sp³-hybridized carbons (Fsp3) is 0.143. The number of ketones is 2. The van der Waals surface area contributed by atoms with E-state index in [9.17, 15) is 19.8 Å². The van der Waals surface area contributed by atoms with Crippen LogP contribution in [0.2, 0.25) is 0 Å². The van der Waals surface area contributed by atoms with Gasteiger partial charge in [0.1, 0.15) is 11.5 Å². The fourth-order valence-corrected chi connectivity index (χ4v) is 3.27. The first kappa shape index (κ1) is 16.7. The minimum atomic E-state index is -0.748. The topological polar surface area (TPSA) is 74.6 Å². The summed E-state index contributed by atoms with van der Waals surface area (Å²) in [6, 6.07) is 7.91. The Morgan fingerprint density at radius 1 is 1.04 bits per heavy atom. The summed E-state index contributed by atoms with van der Waals surface area (Å²) < 4.78 is 0. The molecule has 0 heterocycles. The molecule has 0 radical (unpaired) electrons. The van der Waals surface area contributed by atoms with Crippen LogP contribution < -0.4 is 0 Å². The van der Waals surface area contributed by atoms with Crippen LogP contribution in [0.5, 0.6) is 11.5 Å². The summed E-state index contributed by atoms with van der Waals surface area (Å²) in [4.78, 5) is 25.7. The van der Waals surface area contributed by atoms with E-state index in [1.807, 2.05) is 6.92 Å². The van der Waals surface area contributed by atoms with Crippen LogP contribution in [-0.2, 0) is 4.79 Å². The molecule has 0 bridgehead atoms. The summed E-state index contributed by atoms with van der Waals surface area (Å²) in [6.45, 7) is 3.64. The maximum absolute atomic E-state index is 12.8. The maximum atomic E-state index is 12.8. The zero-order valence-corrected chi connectivity index (χ0v) is 14.0. The van der Waals surface area contributed by atoms with Crippen molar-refractivity contribution >= 4 is 11.6 Å². The average molecular weight is 334 g/mol. The van der Waals surface area contributed by atoms with Crippen molar-refractivity contribution < 1.29 is 19.8 Å². The highest BCUT2D eigenvalue weighted by Gasteiger charge is 2.37. The van der Waals surface area contributed by atoms with Crippen LogP contribution in [0.25, 0.3) is 0 Å². The van der Waals surface area contributed by atoms with Crippen molar-refractivity contribution in [3.8, 4) is 11.5 Å². The van der Waals surface area contributed by atoms with Gasteiger partial charge in [-0.2, -0.15) is 0 Å². The third kappa shape index (κ3) is 2.76. The SMILES string of the molecule is C/C=C/C=C/C(=O)[C@@H]1c2cccc(O)c2C(=O)c2c(O)cc(C)cc21. The van der Waals surface area contributed by atoms with Crippen LogP contribution in [0.1, 0.15) is 45.5 Å². The Labute approximate surface area is 145 Å². The van der Waals surface area contributed by atoms with E-state index in [0.717, 1.165) is 5.56 Å². The van der Waals surface area contributed by atoms with Gasteiger partial charge in [-0.15, -0.1) is 0 Å². The predicted octanol–water partition coefficient (Wildman–Crippen LogP) is 3.78. The molecule has 3 rings (SSSR count). The van der Waals surface area contributed by atoms with Crippen molar-refractivity contribution in [2.75, 3.05) is 0 Å². The molecule has 1 aliphatic carbocycles. The third-order valence-corrected chi connectivity index (χ3v) is 4.29. The molecule has 0 saturated heterocycles. The second-order valence-electron chi connectivity index (χ2n) is 6.04. The van der Waals surface area contributed by atoms with Gasteiger partial charge >= 0.3 is 0 Å². The first-order chi connectivity index (χ1) is 12.0. The molecule has 0 amide bonds. The summed E-state index contributed by atoms with van der Waals surface area (Å²) in [6.07, 6.45) is 6.62. The zero-order chi connectivity index (χ0) is 18.1. The number of aryl methyl sites for hydroxylation is 1. The summed E-state index contributed by atoms with van der Waals surface area (Å²) >= 11 is 0. The number of rotatable bonds is 3. The van der Waals surface area contributed by atoms with E-state index in [1.165, 1.54) is 18.2 Å². The van der Waals surface area contributed by atoms with Gasteiger partial charge in [-0.3, -0.25) is 9.59 Å². The molecule has 25 heavy (non-hydrogen) atoms. The van der Waals surface area contributed by atoms with E-state index < -0.39 is 11.7 Å². The van der Waals surface area contributed by atoms with Gasteiger partial charge in [0.15, 0.2) is 5.78 Å². The number of allylic oxidation sites excluding steroid dienone is 4. The molecule has 1 aliphatic rings. The molecule has 1 atom stereocenters. The maximum Gasteiger partial charge on any atom is 0.201 e. The molecule has 2 aromatic carbocycles. The second-order valence-corrected chi connectivity index (χ2v) is 6.04. The van der Waals surface area contributed by atoms with Gasteiger partial charge in [0.25, 0.3) is 0 Å². The number of benzene rings is 2. The standard InChI is InChI=1S/C21H18O4/c1-3-4-5-8-15(22)18-13-7-6-9-16(23)19(13)21(25)20-14(18)10-12(2)11-17(20)24/h3-11,18,23-24H,1-2H3/b4-3+,8-5+/t18-/m1/s1. The van der Waals surface area contributed by atoms with Crippen molar-refractivity contribution in [2.45, 2.75) is 19.8 Å². The molecule has 0 aromatic heterocycles. The molecular formula is C21H18O4. The lowest BCUT2D eigenvalue weighted by Gasteiger charge is -2.27. The van der Waals surface area contributed by atoms with E-state index in [2.05, 4.69) is 0 Å². The van der Waals surface area contributed by atoms with Crippen LogP contribution in [0.3, 0.4) is 0 Å². The van der Waals surface area contributed by atoms with Crippen LogP contribution in [0.15, 0.2) is 54.6 Å². The van der Waals surface area contributed by atoms with Gasteiger partial charge in [-0.05, 0) is 48.7 Å². The normalized spacial score (nSPS) is 16.2. The van der Waals surface area contributed by atoms with Gasteiger partial charge in [0.05, 0.1) is 17.0 Å². The minimum absolute atomic E-state index is 0.0759. The first-order valence-electron chi connectivity index (χ1n) is 7.99. The monoisotopic (exact) mass is 334 g/mol. The Bertz CT molecular complexity index is 935. The highest BCUT2D eigenvalue weighted by atomic mass is 16.3. The van der Waals surface area contributed by atoms with Crippen molar-refractivity contribution in [1.82, 2.24) is 0 Å². The van der Waals surface area contributed by atoms with Gasteiger partial charge in [0, 0.05) is 0 Å². The van der Waals surface area contributed by atoms with E-state index in [-0.39, 0.29) is 28.4 Å². The Morgan fingerprint density at radius 3 is 2.48 bits per heavy atom. The molecule has 4 nitrogen and oxygen atoms in total. The lowest BCUT2D eigenvalue weighted by atomic mass is 9.74. The Kier molecular flexibility index (Phi) is 4.28. The third-order valence-electron chi connectivity index (χ3n) is 4.29. The lowest BCUT2D eigenvalue weighted by Crippen LogP contribution is -2.24. The number of hydrogen-bond acceptors (Lipinski definition) is 4. The second kappa shape index (κ2) is 6.40. The number of fused-ring (bicyclic) bond motifs is 2. The van der Waals surface area contributed by atoms with Gasteiger partial charge < -0.3 is 10.2 Å². The van der Waals surface area contributed by atoms with E-state index >= 15 is 0 Å². The number of hydrogen-bond donors (Lipinski definition) is 2. The van der Waals surface area contributed by atoms with Crippen LogP contribution in [0.4, 0.5) is 0 Å². The van der Waals surface area contributed by atoms with Gasteiger partial charge in [-0.1, -0.05) is 36.4 Å². The molecule has 2 aromatic rings. The summed E-state index contributed by atoms with van der Waals surface area (Å²) in [7, 11) is 0. The van der Waals surface area contributed by atoms with Gasteiger partial charge in [0.2, 0.25) is 5.78 Å². The molecule has 4 heteroatoms. The molecule has 0 spiro atoms. The van der Waals surface area contributed by atoms with Crippen LogP contribution in [-0.4, -0.2) is 21.8 Å². The number of phenolic OH excluding ortho intramolecular Hbond substituents is 2. The predicted molar refractivity (Wildman–Crippen MR) is 95.2 cm³/mol. The lowest BCUT2D eigenvalue weighted by molar-refractivity contribution is -0.115. The van der Waals surface area contributed by atoms with Crippen molar-refractivity contribution in [2.24, 2.45) is 0 Å². The van der Waals surface area contributed by atoms with Crippen LogP contribution >= 0.6 is 0 Å². The number of phenols is 2. The smallest absolute Gasteiger partial charge is 0.201 e. The van der Waals surface area contributed by atoms with Crippen molar-refractivity contribution in [3.05, 3.63) is 82.5 Å². The first-order valence-corrected chi connectivity index (χ1v) is 7.99. The largest absolute Gasteiger partial charge is 0.507 e. The Balaban J connectivity index is 2.29. The Hall–Kier alpha value is -3.14. The highest BCUT2D eigenvalue weighted by Crippen LogP contribution is 2.43. The number of carbonyl (C=O) groups excluding carboxylic acids is 2. The molecule has 2 N–H and O–H groups in total. The summed E-state index contributed by atoms with van der Waals surface area (Å²) in [5, 5.41) is 20.5.